The summed E-state index contributed by atoms with van der Waals surface area (Å²) in [5.41, 5.74) is 0. The second-order valence-electron chi connectivity index (χ2n) is 2.04. The first-order valence-electron chi connectivity index (χ1n) is 2.96. The minimum atomic E-state index is 0.722. The molecule has 1 radical (unpaired) electrons. The van der Waals surface area contributed by atoms with Gasteiger partial charge in [0.15, 0.2) is 0 Å². The van der Waals surface area contributed by atoms with E-state index in [1.54, 1.807) is 0 Å². The summed E-state index contributed by atoms with van der Waals surface area (Å²) in [6.45, 7) is 3.33. The molecule has 1 rings (SSSR count). The van der Waals surface area contributed by atoms with E-state index in [4.69, 9.17) is 0 Å². The van der Waals surface area contributed by atoms with Gasteiger partial charge in [0.1, 0.15) is 0 Å². The molecule has 0 aromatic carbocycles. The third-order valence-electron chi connectivity index (χ3n) is 1.50. The summed E-state index contributed by atoms with van der Waals surface area (Å²) in [6.07, 6.45) is 4.93. The molecule has 0 unspecified atom stereocenters. The van der Waals surface area contributed by atoms with Gasteiger partial charge in [0.05, 0.1) is 0 Å². The molecule has 7 heavy (non-hydrogen) atoms. The Bertz CT molecular complexity index is 46.1. The Kier molecular flexibility index (Phi) is 1.69. The zero-order chi connectivity index (χ0) is 5.11. The van der Waals surface area contributed by atoms with E-state index < -0.39 is 0 Å². The fourth-order valence-corrected chi connectivity index (χ4v) is 0.996. The van der Waals surface area contributed by atoms with E-state index in [0.717, 1.165) is 6.04 Å². The summed E-state index contributed by atoms with van der Waals surface area (Å²) in [7, 11) is 0. The Hall–Kier alpha value is -0.0400. The van der Waals surface area contributed by atoms with Crippen molar-refractivity contribution in [2.45, 2.75) is 25.8 Å². The highest BCUT2D eigenvalue weighted by molar-refractivity contribution is 4.83. The Labute approximate surface area is 45.1 Å². The zero-order valence-corrected chi connectivity index (χ0v) is 4.78. The van der Waals surface area contributed by atoms with Crippen LogP contribution in [0, 0.1) is 6.42 Å². The summed E-state index contributed by atoms with van der Waals surface area (Å²) in [4.78, 5) is 0. The van der Waals surface area contributed by atoms with Crippen molar-refractivity contribution in [3.05, 3.63) is 6.42 Å². The van der Waals surface area contributed by atoms with Gasteiger partial charge in [0.25, 0.3) is 0 Å². The minimum absolute atomic E-state index is 0.722. The van der Waals surface area contributed by atoms with Gasteiger partial charge in [0, 0.05) is 6.04 Å². The molecular weight excluding hydrogens is 86.1 g/mol. The van der Waals surface area contributed by atoms with E-state index >= 15 is 0 Å². The molecule has 41 valence electrons. The maximum Gasteiger partial charge on any atom is 0.00962 e. The van der Waals surface area contributed by atoms with E-state index in [1.807, 2.05) is 0 Å². The molecule has 0 aliphatic carbocycles. The first kappa shape index (κ1) is 5.10. The van der Waals surface area contributed by atoms with Crippen molar-refractivity contribution in [2.75, 3.05) is 6.54 Å². The Balaban J connectivity index is 2.14. The lowest BCUT2D eigenvalue weighted by Crippen LogP contribution is -2.19. The van der Waals surface area contributed by atoms with Gasteiger partial charge in [-0.05, 0) is 25.8 Å². The van der Waals surface area contributed by atoms with Crippen molar-refractivity contribution in [2.24, 2.45) is 0 Å². The lowest BCUT2D eigenvalue weighted by atomic mass is 10.2. The Morgan fingerprint density at radius 2 is 2.57 bits per heavy atom. The van der Waals surface area contributed by atoms with Gasteiger partial charge >= 0.3 is 0 Å². The van der Waals surface area contributed by atoms with Crippen molar-refractivity contribution >= 4 is 0 Å². The van der Waals surface area contributed by atoms with Crippen LogP contribution in [-0.2, 0) is 0 Å². The molecule has 0 aromatic rings. The molecule has 1 saturated heterocycles. The smallest absolute Gasteiger partial charge is 0.00962 e. The second-order valence-corrected chi connectivity index (χ2v) is 2.04. The number of hydrogen-bond acceptors (Lipinski definition) is 1. The quantitative estimate of drug-likeness (QED) is 0.515. The van der Waals surface area contributed by atoms with Gasteiger partial charge in [-0.25, -0.2) is 0 Å². The van der Waals surface area contributed by atoms with E-state index in [9.17, 15) is 0 Å². The van der Waals surface area contributed by atoms with Crippen LogP contribution in [0.25, 0.3) is 0 Å². The molecule has 0 bridgehead atoms. The lowest BCUT2D eigenvalue weighted by molar-refractivity contribution is 0.684. The van der Waals surface area contributed by atoms with Crippen LogP contribution < -0.4 is 5.32 Å². The van der Waals surface area contributed by atoms with Gasteiger partial charge in [0.2, 0.25) is 0 Å². The van der Waals surface area contributed by atoms with Crippen LogP contribution in [0.2, 0.25) is 0 Å². The van der Waals surface area contributed by atoms with Crippen LogP contribution in [0.15, 0.2) is 0 Å². The van der Waals surface area contributed by atoms with Crippen LogP contribution >= 0.6 is 0 Å². The molecule has 1 fully saturated rings. The highest BCUT2D eigenvalue weighted by Gasteiger charge is 2.09. The molecular formula is C6H12N. The first-order valence-corrected chi connectivity index (χ1v) is 2.96. The molecule has 0 saturated carbocycles. The van der Waals surface area contributed by atoms with Crippen molar-refractivity contribution in [3.63, 3.8) is 0 Å². The molecule has 1 nitrogen and oxygen atoms in total. The average Bonchev–Trinajstić information content (AvgIpc) is 2.14. The van der Waals surface area contributed by atoms with Gasteiger partial charge in [-0.15, -0.1) is 0 Å². The van der Waals surface area contributed by atoms with Gasteiger partial charge < -0.3 is 5.32 Å². The Morgan fingerprint density at radius 1 is 1.71 bits per heavy atom. The molecule has 0 aromatic heterocycles. The summed E-state index contributed by atoms with van der Waals surface area (Å²) < 4.78 is 0. The maximum atomic E-state index is 3.35. The van der Waals surface area contributed by atoms with Crippen molar-refractivity contribution < 1.29 is 0 Å². The molecule has 1 atom stereocenters. The summed E-state index contributed by atoms with van der Waals surface area (Å²) in [5, 5.41) is 3.35. The van der Waals surface area contributed by atoms with Crippen molar-refractivity contribution in [1.29, 1.82) is 0 Å². The van der Waals surface area contributed by atoms with Crippen LogP contribution in [-0.4, -0.2) is 12.6 Å². The van der Waals surface area contributed by atoms with Gasteiger partial charge in [-0.3, -0.25) is 0 Å². The number of hydrogen-bond donors (Lipinski definition) is 1. The highest BCUT2D eigenvalue weighted by Crippen LogP contribution is 2.05. The van der Waals surface area contributed by atoms with Gasteiger partial charge in [-0.2, -0.15) is 0 Å². The zero-order valence-electron chi connectivity index (χ0n) is 4.78. The maximum absolute atomic E-state index is 3.35. The van der Waals surface area contributed by atoms with Gasteiger partial charge in [-0.1, -0.05) is 6.92 Å². The average molecular weight is 98.2 g/mol. The largest absolute Gasteiger partial charge is 0.314 e. The molecule has 1 heteroatoms. The lowest BCUT2D eigenvalue weighted by Gasteiger charge is -2.01. The summed E-state index contributed by atoms with van der Waals surface area (Å²) in [6, 6.07) is 0.722. The fourth-order valence-electron chi connectivity index (χ4n) is 0.996. The van der Waals surface area contributed by atoms with Crippen LogP contribution in [0.4, 0.5) is 0 Å². The monoisotopic (exact) mass is 98.1 g/mol. The highest BCUT2D eigenvalue weighted by atomic mass is 14.9. The molecule has 1 aliphatic heterocycles. The molecule has 1 aliphatic rings. The summed E-state index contributed by atoms with van der Waals surface area (Å²) >= 11 is 0. The van der Waals surface area contributed by atoms with Crippen LogP contribution in [0.3, 0.4) is 0 Å². The molecule has 1 heterocycles. The molecule has 0 amide bonds. The van der Waals surface area contributed by atoms with Crippen molar-refractivity contribution in [1.82, 2.24) is 5.32 Å². The third kappa shape index (κ3) is 1.16. The predicted octanol–water partition coefficient (Wildman–Crippen LogP) is 0.963. The van der Waals surface area contributed by atoms with E-state index in [2.05, 4.69) is 18.7 Å². The number of nitrogens with one attached hydrogen (secondary N) is 1. The van der Waals surface area contributed by atoms with Crippen LogP contribution in [0.1, 0.15) is 19.8 Å². The fraction of sp³-hybridized carbons (Fsp3) is 0.833. The van der Waals surface area contributed by atoms with E-state index in [-0.39, 0.29) is 0 Å². The summed E-state index contributed by atoms with van der Waals surface area (Å²) in [5.74, 6) is 0. The third-order valence-corrected chi connectivity index (χ3v) is 1.50. The topological polar surface area (TPSA) is 12.0 Å². The normalized spacial score (nSPS) is 31.3. The van der Waals surface area contributed by atoms with E-state index in [1.165, 1.54) is 19.4 Å². The van der Waals surface area contributed by atoms with E-state index in [0.29, 0.717) is 0 Å². The second kappa shape index (κ2) is 2.31. The SMILES string of the molecule is C[CH][C@H]1CCCN1. The molecule has 0 spiro atoms. The minimum Gasteiger partial charge on any atom is -0.314 e. The van der Waals surface area contributed by atoms with Crippen LogP contribution in [0.5, 0.6) is 0 Å². The molecule has 1 N–H and O–H groups in total. The first-order chi connectivity index (χ1) is 3.43. The number of rotatable bonds is 1. The Morgan fingerprint density at radius 3 is 2.86 bits per heavy atom. The standard InChI is InChI=1S/C6H12N/c1-2-6-4-3-5-7-6/h2,6-7H,3-5H2,1H3/t6-/m0/s1. The van der Waals surface area contributed by atoms with Crippen molar-refractivity contribution in [3.8, 4) is 0 Å². The predicted molar refractivity (Wildman–Crippen MR) is 31.0 cm³/mol.